The molecule has 1 saturated heterocycles. The number of piperazine rings is 1. The van der Waals surface area contributed by atoms with Gasteiger partial charge in [0.1, 0.15) is 5.60 Å². The van der Waals surface area contributed by atoms with Gasteiger partial charge in [-0.15, -0.1) is 0 Å². The van der Waals surface area contributed by atoms with Gasteiger partial charge in [-0.2, -0.15) is 0 Å². The Bertz CT molecular complexity index is 691. The minimum absolute atomic E-state index is 0.0642. The molecule has 0 saturated carbocycles. The number of rotatable bonds is 6. The van der Waals surface area contributed by atoms with Crippen molar-refractivity contribution >= 4 is 23.4 Å². The number of hydrogen-bond acceptors (Lipinski definition) is 6. The highest BCUT2D eigenvalue weighted by Crippen LogP contribution is 2.20. The minimum atomic E-state index is -0.538. The zero-order valence-corrected chi connectivity index (χ0v) is 16.6. The molecule has 0 aromatic heterocycles. The predicted octanol–water partition coefficient (Wildman–Crippen LogP) is 2.55. The minimum Gasteiger partial charge on any atom is -0.444 e. The number of nitrogens with zero attached hydrogens (tertiary/aromatic N) is 3. The molecule has 1 aliphatic heterocycles. The number of amides is 2. The van der Waals surface area contributed by atoms with Gasteiger partial charge in [0.2, 0.25) is 5.91 Å². The number of non-ortho nitro benzene ring substituents is 1. The average molecular weight is 392 g/mol. The van der Waals surface area contributed by atoms with Crippen LogP contribution in [0.2, 0.25) is 0 Å². The van der Waals surface area contributed by atoms with E-state index in [0.29, 0.717) is 45.6 Å². The molecule has 154 valence electrons. The summed E-state index contributed by atoms with van der Waals surface area (Å²) in [7, 11) is 0. The molecule has 0 spiro atoms. The number of nitro benzene ring substituents is 1. The van der Waals surface area contributed by atoms with Crippen molar-refractivity contribution in [3.05, 3.63) is 34.4 Å². The van der Waals surface area contributed by atoms with Crippen molar-refractivity contribution in [2.75, 3.05) is 37.6 Å². The molecule has 9 heteroatoms. The maximum atomic E-state index is 12.3. The van der Waals surface area contributed by atoms with Crippen molar-refractivity contribution in [2.24, 2.45) is 0 Å². The SMILES string of the molecule is CC(C)(C)OC(=O)NCCCC(=O)N1CCN(c2ccc([N+](=O)[O-])cc2)CC1. The summed E-state index contributed by atoms with van der Waals surface area (Å²) in [5, 5.41) is 13.4. The molecule has 1 aromatic rings. The lowest BCUT2D eigenvalue weighted by Crippen LogP contribution is -2.48. The Morgan fingerprint density at radius 3 is 2.29 bits per heavy atom. The number of nitro groups is 1. The third-order valence-electron chi connectivity index (χ3n) is 4.29. The standard InChI is InChI=1S/C19H28N4O5/c1-19(2,3)28-18(25)20-10-4-5-17(24)22-13-11-21(12-14-22)15-6-8-16(9-7-15)23(26)27/h6-9H,4-5,10-14H2,1-3H3,(H,20,25). The van der Waals surface area contributed by atoms with Crippen LogP contribution in [0, 0.1) is 10.1 Å². The van der Waals surface area contributed by atoms with Gasteiger partial charge in [0.15, 0.2) is 0 Å². The molecule has 0 bridgehead atoms. The van der Waals surface area contributed by atoms with Gasteiger partial charge in [-0.3, -0.25) is 14.9 Å². The van der Waals surface area contributed by atoms with Gasteiger partial charge in [0, 0.05) is 57.0 Å². The summed E-state index contributed by atoms with van der Waals surface area (Å²) in [6.45, 7) is 8.36. The lowest BCUT2D eigenvalue weighted by molar-refractivity contribution is -0.384. The van der Waals surface area contributed by atoms with Crippen molar-refractivity contribution < 1.29 is 19.2 Å². The number of nitrogens with one attached hydrogen (secondary N) is 1. The first-order valence-corrected chi connectivity index (χ1v) is 9.40. The van der Waals surface area contributed by atoms with E-state index >= 15 is 0 Å². The molecule has 2 amide bonds. The van der Waals surface area contributed by atoms with Crippen molar-refractivity contribution in [2.45, 2.75) is 39.2 Å². The Labute approximate surface area is 164 Å². The molecule has 0 radical (unpaired) electrons. The number of ether oxygens (including phenoxy) is 1. The van der Waals surface area contributed by atoms with Gasteiger partial charge >= 0.3 is 6.09 Å². The normalized spacial score (nSPS) is 14.5. The maximum absolute atomic E-state index is 12.3. The van der Waals surface area contributed by atoms with Gasteiger partial charge in [-0.25, -0.2) is 4.79 Å². The summed E-state index contributed by atoms with van der Waals surface area (Å²) >= 11 is 0. The summed E-state index contributed by atoms with van der Waals surface area (Å²) in [5.41, 5.74) is 0.445. The van der Waals surface area contributed by atoms with Gasteiger partial charge in [-0.05, 0) is 39.3 Å². The van der Waals surface area contributed by atoms with Crippen molar-refractivity contribution in [3.63, 3.8) is 0 Å². The van der Waals surface area contributed by atoms with Crippen LogP contribution in [-0.2, 0) is 9.53 Å². The lowest BCUT2D eigenvalue weighted by Gasteiger charge is -2.36. The van der Waals surface area contributed by atoms with Crippen molar-refractivity contribution in [1.29, 1.82) is 0 Å². The average Bonchev–Trinajstić information content (AvgIpc) is 2.64. The van der Waals surface area contributed by atoms with Crippen LogP contribution >= 0.6 is 0 Å². The topological polar surface area (TPSA) is 105 Å². The Kier molecular flexibility index (Phi) is 7.19. The zero-order chi connectivity index (χ0) is 20.7. The molecule has 1 aromatic carbocycles. The van der Waals surface area contributed by atoms with Crippen LogP contribution in [0.4, 0.5) is 16.2 Å². The fraction of sp³-hybridized carbons (Fsp3) is 0.579. The van der Waals surface area contributed by atoms with E-state index < -0.39 is 16.6 Å². The maximum Gasteiger partial charge on any atom is 0.407 e. The first-order chi connectivity index (χ1) is 13.2. The van der Waals surface area contributed by atoms with Gasteiger partial charge < -0.3 is 19.9 Å². The molecular formula is C19H28N4O5. The molecule has 0 unspecified atom stereocenters. The largest absolute Gasteiger partial charge is 0.444 e. The Balaban J connectivity index is 1.69. The van der Waals surface area contributed by atoms with E-state index in [1.807, 2.05) is 4.90 Å². The van der Waals surface area contributed by atoms with Crippen LogP contribution in [0.25, 0.3) is 0 Å². The second kappa shape index (κ2) is 9.38. The fourth-order valence-electron chi connectivity index (χ4n) is 2.90. The highest BCUT2D eigenvalue weighted by atomic mass is 16.6. The molecule has 28 heavy (non-hydrogen) atoms. The molecular weight excluding hydrogens is 364 g/mol. The second-order valence-corrected chi connectivity index (χ2v) is 7.67. The quantitative estimate of drug-likeness (QED) is 0.453. The molecule has 2 rings (SSSR count). The monoisotopic (exact) mass is 392 g/mol. The first-order valence-electron chi connectivity index (χ1n) is 9.40. The highest BCUT2D eigenvalue weighted by Gasteiger charge is 2.21. The van der Waals surface area contributed by atoms with Gasteiger partial charge in [-0.1, -0.05) is 0 Å². The zero-order valence-electron chi connectivity index (χ0n) is 16.6. The van der Waals surface area contributed by atoms with Crippen LogP contribution in [0.3, 0.4) is 0 Å². The second-order valence-electron chi connectivity index (χ2n) is 7.67. The summed E-state index contributed by atoms with van der Waals surface area (Å²) < 4.78 is 5.15. The number of carbonyl (C=O) groups is 2. The van der Waals surface area contributed by atoms with E-state index in [2.05, 4.69) is 10.2 Å². The number of anilines is 1. The van der Waals surface area contributed by atoms with E-state index in [0.717, 1.165) is 5.69 Å². The van der Waals surface area contributed by atoms with Crippen LogP contribution in [0.1, 0.15) is 33.6 Å². The van der Waals surface area contributed by atoms with E-state index in [1.165, 1.54) is 12.1 Å². The van der Waals surface area contributed by atoms with Crippen molar-refractivity contribution in [3.8, 4) is 0 Å². The molecule has 1 heterocycles. The molecule has 1 N–H and O–H groups in total. The molecule has 0 aliphatic carbocycles. The van der Waals surface area contributed by atoms with E-state index in [1.54, 1.807) is 32.9 Å². The lowest BCUT2D eigenvalue weighted by atomic mass is 10.2. The molecule has 1 aliphatic rings. The highest BCUT2D eigenvalue weighted by molar-refractivity contribution is 5.76. The molecule has 1 fully saturated rings. The number of alkyl carbamates (subject to hydrolysis) is 1. The molecule has 9 nitrogen and oxygen atoms in total. The van der Waals surface area contributed by atoms with Gasteiger partial charge in [0.05, 0.1) is 4.92 Å². The Hall–Kier alpha value is -2.84. The predicted molar refractivity (Wildman–Crippen MR) is 105 cm³/mol. The van der Waals surface area contributed by atoms with Crippen LogP contribution in [0.15, 0.2) is 24.3 Å². The van der Waals surface area contributed by atoms with Gasteiger partial charge in [0.25, 0.3) is 5.69 Å². The van der Waals surface area contributed by atoms with E-state index in [-0.39, 0.29) is 11.6 Å². The summed E-state index contributed by atoms with van der Waals surface area (Å²) in [6.07, 6.45) is 0.449. The Morgan fingerprint density at radius 2 is 1.75 bits per heavy atom. The smallest absolute Gasteiger partial charge is 0.407 e. The first kappa shape index (κ1) is 21.5. The fourth-order valence-corrected chi connectivity index (χ4v) is 2.90. The third-order valence-corrected chi connectivity index (χ3v) is 4.29. The summed E-state index contributed by atoms with van der Waals surface area (Å²) in [4.78, 5) is 38.1. The van der Waals surface area contributed by atoms with Crippen molar-refractivity contribution in [1.82, 2.24) is 10.2 Å². The Morgan fingerprint density at radius 1 is 1.14 bits per heavy atom. The van der Waals surface area contributed by atoms with Crippen LogP contribution in [-0.4, -0.2) is 60.1 Å². The van der Waals surface area contributed by atoms with E-state index in [4.69, 9.17) is 4.74 Å². The summed E-state index contributed by atoms with van der Waals surface area (Å²) in [5.74, 6) is 0.0642. The number of benzene rings is 1. The van der Waals surface area contributed by atoms with E-state index in [9.17, 15) is 19.7 Å². The third kappa shape index (κ3) is 6.71. The number of hydrogen-bond donors (Lipinski definition) is 1. The van der Waals surface area contributed by atoms with Crippen LogP contribution in [0.5, 0.6) is 0 Å². The number of carbonyl (C=O) groups excluding carboxylic acids is 2. The summed E-state index contributed by atoms with van der Waals surface area (Å²) in [6, 6.07) is 6.45. The molecule has 0 atom stereocenters. The van der Waals surface area contributed by atoms with Crippen LogP contribution < -0.4 is 10.2 Å².